The predicted molar refractivity (Wildman–Crippen MR) is 71.5 cm³/mol. The van der Waals surface area contributed by atoms with Crippen molar-refractivity contribution in [2.45, 2.75) is 22.6 Å². The topological polar surface area (TPSA) is 80.3 Å². The van der Waals surface area contributed by atoms with E-state index < -0.39 is 31.3 Å². The lowest BCUT2D eigenvalue weighted by Crippen LogP contribution is -2.40. The number of thiophene rings is 1. The van der Waals surface area contributed by atoms with Crippen LogP contribution >= 0.6 is 22.9 Å². The second kappa shape index (κ2) is 4.75. The van der Waals surface area contributed by atoms with Crippen LogP contribution in [0, 0.1) is 6.92 Å². The maximum atomic E-state index is 12.0. The van der Waals surface area contributed by atoms with E-state index in [9.17, 15) is 16.8 Å². The molecule has 0 saturated carbocycles. The molecular weight excluding hydrogens is 318 g/mol. The Morgan fingerprint density at radius 2 is 2.06 bits per heavy atom. The Kier molecular flexibility index (Phi) is 3.76. The van der Waals surface area contributed by atoms with Crippen LogP contribution in [0.1, 0.15) is 4.88 Å². The molecule has 0 spiro atoms. The number of rotatable bonds is 3. The smallest absolute Gasteiger partial charge is 0.229 e. The van der Waals surface area contributed by atoms with E-state index in [4.69, 9.17) is 11.6 Å². The summed E-state index contributed by atoms with van der Waals surface area (Å²) in [5.41, 5.74) is 0. The molecule has 1 aliphatic rings. The standard InChI is InChI=1S/C9H12ClNO4S3/c1-6-2-3-9(16-6)18(14,15)11-8-5-17(12,13)4-7(8)10/h2-3,7-8,11H,4-5H2,1H3. The third-order valence-electron chi connectivity index (χ3n) is 2.57. The molecule has 0 bridgehead atoms. The van der Waals surface area contributed by atoms with E-state index in [0.29, 0.717) is 0 Å². The van der Waals surface area contributed by atoms with Gasteiger partial charge in [0, 0.05) is 4.88 Å². The summed E-state index contributed by atoms with van der Waals surface area (Å²) in [7, 11) is -6.94. The first-order valence-corrected chi connectivity index (χ1v) is 9.69. The molecule has 0 aliphatic carbocycles. The zero-order valence-electron chi connectivity index (χ0n) is 9.46. The summed E-state index contributed by atoms with van der Waals surface area (Å²) in [6.45, 7) is 1.80. The van der Waals surface area contributed by atoms with Crippen molar-refractivity contribution in [1.82, 2.24) is 4.72 Å². The number of hydrogen-bond donors (Lipinski definition) is 1. The van der Waals surface area contributed by atoms with Crippen molar-refractivity contribution >= 4 is 42.8 Å². The minimum Gasteiger partial charge on any atom is -0.229 e. The van der Waals surface area contributed by atoms with Gasteiger partial charge >= 0.3 is 0 Å². The van der Waals surface area contributed by atoms with Gasteiger partial charge in [-0.3, -0.25) is 0 Å². The molecule has 2 rings (SSSR count). The Bertz CT molecular complexity index is 649. The van der Waals surface area contributed by atoms with E-state index in [2.05, 4.69) is 4.72 Å². The van der Waals surface area contributed by atoms with Gasteiger partial charge in [0.05, 0.1) is 22.9 Å². The van der Waals surface area contributed by atoms with Gasteiger partial charge in [0.25, 0.3) is 0 Å². The van der Waals surface area contributed by atoms with Gasteiger partial charge in [-0.25, -0.2) is 21.6 Å². The van der Waals surface area contributed by atoms with Crippen molar-refractivity contribution in [1.29, 1.82) is 0 Å². The molecule has 0 aromatic carbocycles. The highest BCUT2D eigenvalue weighted by molar-refractivity contribution is 7.92. The Labute approximate surface area is 115 Å². The second-order valence-electron chi connectivity index (χ2n) is 4.19. The molecule has 2 heterocycles. The van der Waals surface area contributed by atoms with Gasteiger partial charge in [0.15, 0.2) is 9.84 Å². The van der Waals surface area contributed by atoms with Crippen molar-refractivity contribution in [3.63, 3.8) is 0 Å². The quantitative estimate of drug-likeness (QED) is 0.829. The van der Waals surface area contributed by atoms with Crippen molar-refractivity contribution in [2.24, 2.45) is 0 Å². The van der Waals surface area contributed by atoms with Crippen molar-refractivity contribution in [3.8, 4) is 0 Å². The molecule has 0 amide bonds. The third-order valence-corrected chi connectivity index (χ3v) is 7.93. The molecule has 0 radical (unpaired) electrons. The van der Waals surface area contributed by atoms with E-state index >= 15 is 0 Å². The van der Waals surface area contributed by atoms with Gasteiger partial charge in [-0.05, 0) is 19.1 Å². The molecule has 102 valence electrons. The summed E-state index contributed by atoms with van der Waals surface area (Å²) in [5, 5.41) is -0.717. The normalized spacial score (nSPS) is 27.4. The SMILES string of the molecule is Cc1ccc(S(=O)(=O)NC2CS(=O)(=O)CC2Cl)s1. The molecule has 5 nitrogen and oxygen atoms in total. The number of halogens is 1. The summed E-state index contributed by atoms with van der Waals surface area (Å²) in [4.78, 5) is 0.872. The molecule has 1 fully saturated rings. The van der Waals surface area contributed by atoms with Crippen LogP contribution in [-0.2, 0) is 19.9 Å². The highest BCUT2D eigenvalue weighted by Gasteiger charge is 2.39. The maximum absolute atomic E-state index is 12.0. The van der Waals surface area contributed by atoms with Crippen molar-refractivity contribution in [2.75, 3.05) is 11.5 Å². The molecule has 1 aromatic heterocycles. The molecule has 2 unspecified atom stereocenters. The second-order valence-corrected chi connectivity index (χ2v) is 10.1. The Morgan fingerprint density at radius 1 is 1.39 bits per heavy atom. The average Bonchev–Trinajstić information content (AvgIpc) is 2.71. The Hall–Kier alpha value is -0.150. The monoisotopic (exact) mass is 329 g/mol. The van der Waals surface area contributed by atoms with Gasteiger partial charge in [-0.1, -0.05) is 0 Å². The van der Waals surface area contributed by atoms with Crippen LogP contribution in [0.25, 0.3) is 0 Å². The van der Waals surface area contributed by atoms with Gasteiger partial charge in [-0.2, -0.15) is 0 Å². The summed E-state index contributed by atoms with van der Waals surface area (Å²) in [6, 6.07) is 2.43. The van der Waals surface area contributed by atoms with Crippen molar-refractivity contribution < 1.29 is 16.8 Å². The van der Waals surface area contributed by atoms with Gasteiger partial charge in [-0.15, -0.1) is 22.9 Å². The van der Waals surface area contributed by atoms with E-state index in [-0.39, 0.29) is 15.7 Å². The van der Waals surface area contributed by atoms with Crippen LogP contribution in [0.15, 0.2) is 16.3 Å². The number of nitrogens with one attached hydrogen (secondary N) is 1. The Morgan fingerprint density at radius 3 is 2.50 bits per heavy atom. The Balaban J connectivity index is 2.20. The van der Waals surface area contributed by atoms with E-state index in [0.717, 1.165) is 16.2 Å². The first-order valence-electron chi connectivity index (χ1n) is 5.13. The van der Waals surface area contributed by atoms with Gasteiger partial charge in [0.1, 0.15) is 4.21 Å². The molecule has 1 aliphatic heterocycles. The van der Waals surface area contributed by atoms with E-state index in [1.54, 1.807) is 13.0 Å². The average molecular weight is 330 g/mol. The zero-order valence-corrected chi connectivity index (χ0v) is 12.7. The molecule has 18 heavy (non-hydrogen) atoms. The fourth-order valence-corrected chi connectivity index (χ4v) is 7.03. The fraction of sp³-hybridized carbons (Fsp3) is 0.556. The maximum Gasteiger partial charge on any atom is 0.250 e. The summed E-state index contributed by atoms with van der Waals surface area (Å²) in [6.07, 6.45) is 0. The summed E-state index contributed by atoms with van der Waals surface area (Å²) in [5.74, 6) is -0.435. The number of aryl methyl sites for hydroxylation is 1. The highest BCUT2D eigenvalue weighted by atomic mass is 35.5. The molecule has 1 aromatic rings. The van der Waals surface area contributed by atoms with Gasteiger partial charge in [0.2, 0.25) is 10.0 Å². The molecule has 1 saturated heterocycles. The molecule has 2 atom stereocenters. The van der Waals surface area contributed by atoms with Crippen LogP contribution in [-0.4, -0.2) is 39.8 Å². The van der Waals surface area contributed by atoms with E-state index in [1.165, 1.54) is 6.07 Å². The number of hydrogen-bond acceptors (Lipinski definition) is 5. The van der Waals surface area contributed by atoms with Crippen LogP contribution in [0.5, 0.6) is 0 Å². The van der Waals surface area contributed by atoms with Crippen LogP contribution < -0.4 is 4.72 Å². The number of sulfonamides is 1. The predicted octanol–water partition coefficient (Wildman–Crippen LogP) is 0.739. The third kappa shape index (κ3) is 3.05. The first-order chi connectivity index (χ1) is 8.20. The minimum absolute atomic E-state index is 0.174. The fourth-order valence-electron chi connectivity index (χ4n) is 1.73. The molecule has 1 N–H and O–H groups in total. The molecular formula is C9H12ClNO4S3. The summed E-state index contributed by atoms with van der Waals surface area (Å²) < 4.78 is 49.3. The zero-order chi connectivity index (χ0) is 13.6. The largest absolute Gasteiger partial charge is 0.250 e. The minimum atomic E-state index is -3.69. The lowest BCUT2D eigenvalue weighted by molar-refractivity contribution is 0.565. The van der Waals surface area contributed by atoms with Gasteiger partial charge < -0.3 is 0 Å². The first kappa shape index (κ1) is 14.3. The molecule has 9 heteroatoms. The highest BCUT2D eigenvalue weighted by Crippen LogP contribution is 2.24. The number of sulfone groups is 1. The van der Waals surface area contributed by atoms with Crippen LogP contribution in [0.4, 0.5) is 0 Å². The number of alkyl halides is 1. The lowest BCUT2D eigenvalue weighted by Gasteiger charge is -2.13. The summed E-state index contributed by atoms with van der Waals surface area (Å²) >= 11 is 6.99. The lowest BCUT2D eigenvalue weighted by atomic mass is 10.3. The van der Waals surface area contributed by atoms with Crippen LogP contribution in [0.3, 0.4) is 0 Å². The van der Waals surface area contributed by atoms with Crippen molar-refractivity contribution in [3.05, 3.63) is 17.0 Å². The van der Waals surface area contributed by atoms with E-state index in [1.807, 2.05) is 0 Å². The van der Waals surface area contributed by atoms with Crippen LogP contribution in [0.2, 0.25) is 0 Å².